The fraction of sp³-hybridized carbons (Fsp3) is 0.375. The largest absolute Gasteiger partial charge is 0.366 e. The van der Waals surface area contributed by atoms with E-state index in [4.69, 9.17) is 5.73 Å². The van der Waals surface area contributed by atoms with Crippen LogP contribution < -0.4 is 5.73 Å². The lowest BCUT2D eigenvalue weighted by Crippen LogP contribution is -2.15. The molecule has 2 aliphatic carbocycles. The van der Waals surface area contributed by atoms with Crippen LogP contribution in [-0.2, 0) is 24.7 Å². The molecule has 0 radical (unpaired) electrons. The van der Waals surface area contributed by atoms with Crippen LogP contribution in [0, 0.1) is 6.92 Å². The number of allylic oxidation sites excluding steroid dienone is 1. The standard InChI is InChI=1S/C24H27NO/c1-13-8-16-10-17(24(3,4)5)12-20(19(16)9-13)22-18-7-6-15(14(18)2)11-21(22)23(25)26/h8,10-12H,6-7,9H2,1-5H3,(H2,25,26). The number of amides is 1. The molecule has 0 unspecified atom stereocenters. The van der Waals surface area contributed by atoms with E-state index in [-0.39, 0.29) is 11.3 Å². The summed E-state index contributed by atoms with van der Waals surface area (Å²) in [6.07, 6.45) is 5.26. The van der Waals surface area contributed by atoms with Gasteiger partial charge in [-0.1, -0.05) is 44.6 Å². The summed E-state index contributed by atoms with van der Waals surface area (Å²) in [4.78, 5) is 12.3. The van der Waals surface area contributed by atoms with Crippen molar-refractivity contribution in [1.82, 2.24) is 0 Å². The average Bonchev–Trinajstić information content (AvgIpc) is 3.00. The van der Waals surface area contributed by atoms with Crippen LogP contribution in [-0.4, -0.2) is 5.91 Å². The van der Waals surface area contributed by atoms with Crippen LogP contribution in [0.4, 0.5) is 0 Å². The van der Waals surface area contributed by atoms with Crippen molar-refractivity contribution in [2.75, 3.05) is 0 Å². The number of carbonyl (C=O) groups is 1. The molecular formula is C24H27NO. The summed E-state index contributed by atoms with van der Waals surface area (Å²) in [5, 5.41) is 0. The molecule has 2 nitrogen and oxygen atoms in total. The molecule has 134 valence electrons. The SMILES string of the molecule is CC1=Cc2cc(C(C)(C)C)cc(-c3c(C(N)=O)cc4c(C)c3CC4)c2C1. The van der Waals surface area contributed by atoms with Crippen LogP contribution in [0.25, 0.3) is 17.2 Å². The Hall–Kier alpha value is -2.35. The molecule has 0 atom stereocenters. The average molecular weight is 345 g/mol. The van der Waals surface area contributed by atoms with E-state index >= 15 is 0 Å². The van der Waals surface area contributed by atoms with Gasteiger partial charge in [-0.25, -0.2) is 0 Å². The maximum Gasteiger partial charge on any atom is 0.249 e. The van der Waals surface area contributed by atoms with Crippen LogP contribution in [0.5, 0.6) is 0 Å². The lowest BCUT2D eigenvalue weighted by molar-refractivity contribution is 0.100. The van der Waals surface area contributed by atoms with Crippen molar-refractivity contribution in [3.63, 3.8) is 0 Å². The van der Waals surface area contributed by atoms with Gasteiger partial charge in [0.15, 0.2) is 0 Å². The van der Waals surface area contributed by atoms with Crippen molar-refractivity contribution in [3.8, 4) is 11.1 Å². The lowest BCUT2D eigenvalue weighted by Gasteiger charge is -2.24. The van der Waals surface area contributed by atoms with Gasteiger partial charge in [0.2, 0.25) is 5.91 Å². The highest BCUT2D eigenvalue weighted by molar-refractivity contribution is 6.02. The van der Waals surface area contributed by atoms with Gasteiger partial charge < -0.3 is 5.73 Å². The van der Waals surface area contributed by atoms with Gasteiger partial charge in [0.05, 0.1) is 0 Å². The number of nitrogens with two attached hydrogens (primary N) is 1. The van der Waals surface area contributed by atoms with E-state index in [9.17, 15) is 4.79 Å². The summed E-state index contributed by atoms with van der Waals surface area (Å²) in [6, 6.07) is 6.66. The number of hydrogen-bond acceptors (Lipinski definition) is 1. The van der Waals surface area contributed by atoms with E-state index in [0.717, 1.165) is 24.8 Å². The predicted molar refractivity (Wildman–Crippen MR) is 109 cm³/mol. The fourth-order valence-electron chi connectivity index (χ4n) is 4.50. The van der Waals surface area contributed by atoms with Crippen LogP contribution >= 0.6 is 0 Å². The fourth-order valence-corrected chi connectivity index (χ4v) is 4.50. The number of rotatable bonds is 2. The van der Waals surface area contributed by atoms with Crippen molar-refractivity contribution in [2.24, 2.45) is 5.73 Å². The van der Waals surface area contributed by atoms with Crippen LogP contribution in [0.2, 0.25) is 0 Å². The number of carbonyl (C=O) groups excluding carboxylic acids is 1. The smallest absolute Gasteiger partial charge is 0.249 e. The highest BCUT2D eigenvalue weighted by Crippen LogP contribution is 2.43. The zero-order valence-electron chi connectivity index (χ0n) is 16.4. The molecule has 2 aromatic carbocycles. The highest BCUT2D eigenvalue weighted by Gasteiger charge is 2.28. The Morgan fingerprint density at radius 1 is 1.04 bits per heavy atom. The molecule has 2 aliphatic rings. The van der Waals surface area contributed by atoms with E-state index in [0.29, 0.717) is 5.56 Å². The predicted octanol–water partition coefficient (Wildman–Crippen LogP) is 5.12. The van der Waals surface area contributed by atoms with E-state index in [1.165, 1.54) is 44.5 Å². The van der Waals surface area contributed by atoms with E-state index in [2.05, 4.69) is 52.8 Å². The number of hydrogen-bond donors (Lipinski definition) is 1. The Balaban J connectivity index is 2.07. The molecule has 2 heteroatoms. The third-order valence-electron chi connectivity index (χ3n) is 6.01. The monoisotopic (exact) mass is 345 g/mol. The van der Waals surface area contributed by atoms with E-state index < -0.39 is 0 Å². The molecule has 1 amide bonds. The zero-order chi connectivity index (χ0) is 18.8. The molecule has 0 fully saturated rings. The molecule has 2 aromatic rings. The Morgan fingerprint density at radius 3 is 2.42 bits per heavy atom. The quantitative estimate of drug-likeness (QED) is 0.807. The number of aryl methyl sites for hydroxylation is 1. The minimum absolute atomic E-state index is 0.0519. The summed E-state index contributed by atoms with van der Waals surface area (Å²) in [6.45, 7) is 11.1. The molecule has 2 N–H and O–H groups in total. The van der Waals surface area contributed by atoms with Crippen molar-refractivity contribution in [1.29, 1.82) is 0 Å². The van der Waals surface area contributed by atoms with Gasteiger partial charge >= 0.3 is 0 Å². The first-order chi connectivity index (χ1) is 12.2. The van der Waals surface area contributed by atoms with Crippen molar-refractivity contribution >= 4 is 12.0 Å². The second-order valence-corrected chi connectivity index (χ2v) is 8.94. The molecule has 4 rings (SSSR count). The van der Waals surface area contributed by atoms with Crippen LogP contribution in [0.15, 0.2) is 23.8 Å². The Labute approximate surface area is 156 Å². The minimum atomic E-state index is -0.318. The molecule has 0 saturated carbocycles. The van der Waals surface area contributed by atoms with Gasteiger partial charge in [-0.05, 0) is 89.1 Å². The summed E-state index contributed by atoms with van der Waals surface area (Å²) >= 11 is 0. The van der Waals surface area contributed by atoms with E-state index in [1.807, 2.05) is 6.07 Å². The number of fused-ring (bicyclic) bond motifs is 3. The van der Waals surface area contributed by atoms with Gasteiger partial charge in [-0.3, -0.25) is 4.79 Å². The Morgan fingerprint density at radius 2 is 1.77 bits per heavy atom. The molecule has 0 aromatic heterocycles. The molecule has 0 aliphatic heterocycles. The highest BCUT2D eigenvalue weighted by atomic mass is 16.1. The molecule has 2 bridgehead atoms. The first-order valence-corrected chi connectivity index (χ1v) is 9.47. The van der Waals surface area contributed by atoms with Crippen LogP contribution in [0.1, 0.15) is 71.4 Å². The van der Waals surface area contributed by atoms with Gasteiger partial charge in [0.25, 0.3) is 0 Å². The first kappa shape index (κ1) is 17.1. The maximum atomic E-state index is 12.3. The molecule has 0 saturated heterocycles. The van der Waals surface area contributed by atoms with Crippen LogP contribution in [0.3, 0.4) is 0 Å². The Bertz CT molecular complexity index is 986. The van der Waals surface area contributed by atoms with E-state index in [1.54, 1.807) is 0 Å². The second-order valence-electron chi connectivity index (χ2n) is 8.94. The van der Waals surface area contributed by atoms with Gasteiger partial charge in [0.1, 0.15) is 0 Å². The topological polar surface area (TPSA) is 43.1 Å². The van der Waals surface area contributed by atoms with Crippen molar-refractivity contribution in [3.05, 3.63) is 62.7 Å². The summed E-state index contributed by atoms with van der Waals surface area (Å²) in [7, 11) is 0. The number of benzene rings is 2. The maximum absolute atomic E-state index is 12.3. The van der Waals surface area contributed by atoms with Crippen molar-refractivity contribution in [2.45, 2.75) is 59.3 Å². The zero-order valence-corrected chi connectivity index (χ0v) is 16.4. The summed E-state index contributed by atoms with van der Waals surface area (Å²) < 4.78 is 0. The normalized spacial score (nSPS) is 15.2. The molecule has 0 heterocycles. The molecule has 0 spiro atoms. The third-order valence-corrected chi connectivity index (χ3v) is 6.01. The minimum Gasteiger partial charge on any atom is -0.366 e. The van der Waals surface area contributed by atoms with Crippen molar-refractivity contribution < 1.29 is 4.79 Å². The summed E-state index contributed by atoms with van der Waals surface area (Å²) in [5.41, 5.74) is 18.1. The van der Waals surface area contributed by atoms with Gasteiger partial charge in [-0.2, -0.15) is 0 Å². The molecule has 26 heavy (non-hydrogen) atoms. The van der Waals surface area contributed by atoms with Gasteiger partial charge in [-0.15, -0.1) is 0 Å². The Kier molecular flexibility index (Phi) is 3.66. The summed E-state index contributed by atoms with van der Waals surface area (Å²) in [5.74, 6) is -0.318. The second kappa shape index (κ2) is 5.57. The number of primary amides is 1. The third kappa shape index (κ3) is 2.51. The van der Waals surface area contributed by atoms with Gasteiger partial charge in [0, 0.05) is 5.56 Å². The first-order valence-electron chi connectivity index (χ1n) is 9.47. The molecular weight excluding hydrogens is 318 g/mol. The lowest BCUT2D eigenvalue weighted by atomic mass is 9.80.